The number of nitrogens with one attached hydrogen (secondary N) is 1. The van der Waals surface area contributed by atoms with Gasteiger partial charge in [0.1, 0.15) is 0 Å². The summed E-state index contributed by atoms with van der Waals surface area (Å²) in [6.45, 7) is 0. The molecule has 0 bridgehead atoms. The molecule has 50 valence electrons. The number of H-pyrrole nitrogens is 1. The van der Waals surface area contributed by atoms with Gasteiger partial charge in [-0.25, -0.2) is 0 Å². The van der Waals surface area contributed by atoms with Crippen molar-refractivity contribution in [3.05, 3.63) is 12.3 Å². The maximum Gasteiger partial charge on any atom is 0.0730 e. The smallest absolute Gasteiger partial charge is 0.0730 e. The third-order valence-corrected chi connectivity index (χ3v) is 2.47. The van der Waals surface area contributed by atoms with Crippen LogP contribution in [0.2, 0.25) is 0 Å². The first-order chi connectivity index (χ1) is 4.36. The minimum Gasteiger partial charge on any atom is -0.355 e. The van der Waals surface area contributed by atoms with Gasteiger partial charge in [-0.05, 0) is 18.6 Å². The van der Waals surface area contributed by atoms with E-state index in [9.17, 15) is 0 Å². The molecule has 9 heavy (non-hydrogen) atoms. The molecule has 0 radical (unpaired) electrons. The van der Waals surface area contributed by atoms with Crippen LogP contribution in [0.1, 0.15) is 0 Å². The molecule has 1 aromatic rings. The maximum absolute atomic E-state index is 3.15. The second-order valence-corrected chi connectivity index (χ2v) is 3.34. The third kappa shape index (κ3) is 1.69. The largest absolute Gasteiger partial charge is 0.355 e. The minimum absolute atomic E-state index is 1.24. The maximum atomic E-state index is 3.15. The average molecular weight is 159 g/mol. The summed E-state index contributed by atoms with van der Waals surface area (Å²) >= 11 is 3.50. The third-order valence-electron chi connectivity index (χ3n) is 1.09. The van der Waals surface area contributed by atoms with E-state index in [2.05, 4.69) is 23.6 Å². The molecule has 0 fully saturated rings. The van der Waals surface area contributed by atoms with Crippen molar-refractivity contribution in [2.45, 2.75) is 9.92 Å². The fourth-order valence-electron chi connectivity index (χ4n) is 0.591. The lowest BCUT2D eigenvalue weighted by atomic mass is 10.7. The Balaban J connectivity index is 2.74. The van der Waals surface area contributed by atoms with Gasteiger partial charge in [0.05, 0.1) is 5.03 Å². The van der Waals surface area contributed by atoms with Gasteiger partial charge in [-0.2, -0.15) is 0 Å². The fraction of sp³-hybridized carbons (Fsp3) is 0.333. The molecule has 0 atom stereocenters. The Morgan fingerprint density at radius 1 is 1.33 bits per heavy atom. The lowest BCUT2D eigenvalue weighted by Gasteiger charge is -1.83. The fourth-order valence-corrected chi connectivity index (χ4v) is 1.50. The zero-order valence-electron chi connectivity index (χ0n) is 5.47. The molecule has 0 saturated heterocycles. The molecule has 1 rings (SSSR count). The Labute approximate surface area is 63.6 Å². The first-order valence-corrected chi connectivity index (χ1v) is 5.08. The molecule has 0 aromatic carbocycles. The summed E-state index contributed by atoms with van der Waals surface area (Å²) in [6.07, 6.45) is 6.17. The molecule has 0 aliphatic rings. The highest BCUT2D eigenvalue weighted by Gasteiger charge is 1.93. The molecular formula is C6H9NS2. The number of aromatic nitrogens is 1. The van der Waals surface area contributed by atoms with Crippen LogP contribution in [0.5, 0.6) is 0 Å². The summed E-state index contributed by atoms with van der Waals surface area (Å²) in [4.78, 5) is 4.45. The van der Waals surface area contributed by atoms with E-state index in [1.807, 2.05) is 6.20 Å². The summed E-state index contributed by atoms with van der Waals surface area (Å²) in [5, 5.41) is 1.24. The van der Waals surface area contributed by atoms with Crippen molar-refractivity contribution >= 4 is 23.5 Å². The lowest BCUT2D eigenvalue weighted by Crippen LogP contribution is -1.60. The molecule has 0 unspecified atom stereocenters. The van der Waals surface area contributed by atoms with Gasteiger partial charge in [0.2, 0.25) is 0 Å². The highest BCUT2D eigenvalue weighted by Crippen LogP contribution is 2.20. The molecule has 0 amide bonds. The Bertz CT molecular complexity index is 164. The van der Waals surface area contributed by atoms with E-state index in [0.29, 0.717) is 0 Å². The second kappa shape index (κ2) is 3.22. The minimum atomic E-state index is 1.24. The van der Waals surface area contributed by atoms with Crippen molar-refractivity contribution in [1.29, 1.82) is 0 Å². The van der Waals surface area contributed by atoms with E-state index < -0.39 is 0 Å². The van der Waals surface area contributed by atoms with Crippen molar-refractivity contribution in [3.63, 3.8) is 0 Å². The van der Waals surface area contributed by atoms with E-state index in [1.54, 1.807) is 23.5 Å². The Hall–Kier alpha value is -0.0200. The number of thioether (sulfide) groups is 2. The van der Waals surface area contributed by atoms with Crippen LogP contribution in [0.4, 0.5) is 0 Å². The summed E-state index contributed by atoms with van der Waals surface area (Å²) in [5.74, 6) is 0. The molecule has 1 heterocycles. The quantitative estimate of drug-likeness (QED) is 0.667. The number of hydrogen-bond donors (Lipinski definition) is 1. The summed E-state index contributed by atoms with van der Waals surface area (Å²) in [6, 6.07) is 2.15. The van der Waals surface area contributed by atoms with Crippen molar-refractivity contribution in [3.8, 4) is 0 Å². The van der Waals surface area contributed by atoms with Crippen LogP contribution in [0.25, 0.3) is 0 Å². The number of hydrogen-bond acceptors (Lipinski definition) is 2. The molecule has 1 aromatic heterocycles. The molecule has 0 aliphatic carbocycles. The second-order valence-electron chi connectivity index (χ2n) is 1.61. The van der Waals surface area contributed by atoms with Crippen molar-refractivity contribution < 1.29 is 0 Å². The van der Waals surface area contributed by atoms with Crippen LogP contribution in [0.3, 0.4) is 0 Å². The van der Waals surface area contributed by atoms with Gasteiger partial charge in [0, 0.05) is 11.1 Å². The Kier molecular flexibility index (Phi) is 2.54. The van der Waals surface area contributed by atoms with Gasteiger partial charge in [-0.3, -0.25) is 0 Å². The van der Waals surface area contributed by atoms with Crippen LogP contribution < -0.4 is 0 Å². The molecular weight excluding hydrogens is 150 g/mol. The zero-order chi connectivity index (χ0) is 6.69. The first kappa shape index (κ1) is 7.09. The van der Waals surface area contributed by atoms with Gasteiger partial charge in [0.15, 0.2) is 0 Å². The van der Waals surface area contributed by atoms with E-state index >= 15 is 0 Å². The molecule has 0 saturated carbocycles. The van der Waals surface area contributed by atoms with Crippen LogP contribution in [-0.4, -0.2) is 17.5 Å². The number of aromatic amines is 1. The van der Waals surface area contributed by atoms with Gasteiger partial charge in [0.25, 0.3) is 0 Å². The molecule has 3 heteroatoms. The van der Waals surface area contributed by atoms with E-state index in [0.717, 1.165) is 0 Å². The van der Waals surface area contributed by atoms with E-state index in [1.165, 1.54) is 9.92 Å². The van der Waals surface area contributed by atoms with Gasteiger partial charge in [-0.1, -0.05) is 0 Å². The van der Waals surface area contributed by atoms with E-state index in [4.69, 9.17) is 0 Å². The average Bonchev–Trinajstić information content (AvgIpc) is 2.34. The summed E-state index contributed by atoms with van der Waals surface area (Å²) in [5.41, 5.74) is 0. The van der Waals surface area contributed by atoms with E-state index in [-0.39, 0.29) is 0 Å². The monoisotopic (exact) mass is 159 g/mol. The van der Waals surface area contributed by atoms with Crippen molar-refractivity contribution in [1.82, 2.24) is 4.98 Å². The van der Waals surface area contributed by atoms with Gasteiger partial charge in [-0.15, -0.1) is 23.5 Å². The molecule has 0 spiro atoms. The SMILES string of the molecule is CSc1c[nH]c(SC)c1. The summed E-state index contributed by atoms with van der Waals surface area (Å²) < 4.78 is 0. The molecule has 1 N–H and O–H groups in total. The highest BCUT2D eigenvalue weighted by atomic mass is 32.2. The van der Waals surface area contributed by atoms with Crippen molar-refractivity contribution in [2.75, 3.05) is 12.5 Å². The highest BCUT2D eigenvalue weighted by molar-refractivity contribution is 7.99. The van der Waals surface area contributed by atoms with Crippen LogP contribution in [0.15, 0.2) is 22.2 Å². The van der Waals surface area contributed by atoms with Gasteiger partial charge >= 0.3 is 0 Å². The summed E-state index contributed by atoms with van der Waals surface area (Å²) in [7, 11) is 0. The lowest BCUT2D eigenvalue weighted by molar-refractivity contribution is 1.21. The topological polar surface area (TPSA) is 15.8 Å². The Morgan fingerprint density at radius 3 is 2.44 bits per heavy atom. The molecule has 0 aliphatic heterocycles. The van der Waals surface area contributed by atoms with Crippen LogP contribution >= 0.6 is 23.5 Å². The van der Waals surface area contributed by atoms with Crippen molar-refractivity contribution in [2.24, 2.45) is 0 Å². The number of rotatable bonds is 2. The molecule has 1 nitrogen and oxygen atoms in total. The predicted octanol–water partition coefficient (Wildman–Crippen LogP) is 2.46. The first-order valence-electron chi connectivity index (χ1n) is 2.63. The predicted molar refractivity (Wildman–Crippen MR) is 44.4 cm³/mol. The normalized spacial score (nSPS) is 10.0. The van der Waals surface area contributed by atoms with Crippen LogP contribution in [-0.2, 0) is 0 Å². The Morgan fingerprint density at radius 2 is 2.11 bits per heavy atom. The zero-order valence-corrected chi connectivity index (χ0v) is 7.10. The standard InChI is InChI=1S/C6H9NS2/c1-8-5-3-6(9-2)7-4-5/h3-4,7H,1-2H3. The van der Waals surface area contributed by atoms with Gasteiger partial charge < -0.3 is 4.98 Å². The van der Waals surface area contributed by atoms with Crippen LogP contribution in [0, 0.1) is 0 Å².